The normalized spacial score (nSPS) is 12.3. The summed E-state index contributed by atoms with van der Waals surface area (Å²) in [7, 11) is 0. The molecule has 0 spiro atoms. The maximum Gasteiger partial charge on any atom is 0.132 e. The van der Waals surface area contributed by atoms with E-state index in [0.29, 0.717) is 34.4 Å². The first-order chi connectivity index (χ1) is 11.5. The zero-order valence-corrected chi connectivity index (χ0v) is 13.8. The Morgan fingerprint density at radius 3 is 2.04 bits per heavy atom. The van der Waals surface area contributed by atoms with Gasteiger partial charge in [0, 0.05) is 23.5 Å². The molecule has 9 nitrogen and oxygen atoms in total. The highest BCUT2D eigenvalue weighted by Gasteiger charge is 2.11. The largest absolute Gasteiger partial charge is 0.394 e. The first-order valence-electron chi connectivity index (χ1n) is 7.45. The highest BCUT2D eigenvalue weighted by atomic mass is 16.5. The molecule has 0 fully saturated rings. The summed E-state index contributed by atoms with van der Waals surface area (Å²) in [6.45, 7) is 3.95. The van der Waals surface area contributed by atoms with Crippen LogP contribution in [0.4, 0.5) is 11.6 Å². The number of hydrogen-bond donors (Lipinski definition) is 3. The smallest absolute Gasteiger partial charge is 0.132 e. The van der Waals surface area contributed by atoms with Crippen LogP contribution in [0, 0.1) is 13.8 Å². The monoisotopic (exact) mass is 334 g/mol. The number of nitrogen functional groups attached to an aromatic ring is 2. The molecular formula is C15H22N6O3. The summed E-state index contributed by atoms with van der Waals surface area (Å²) in [6, 6.07) is 0. The molecule has 1 atom stereocenters. The summed E-state index contributed by atoms with van der Waals surface area (Å²) in [4.78, 5) is 16.3. The Bertz CT molecular complexity index is 682. The van der Waals surface area contributed by atoms with Crippen LogP contribution < -0.4 is 11.5 Å². The number of rotatable bonds is 8. The van der Waals surface area contributed by atoms with Crippen LogP contribution in [0.2, 0.25) is 0 Å². The van der Waals surface area contributed by atoms with Gasteiger partial charge >= 0.3 is 0 Å². The minimum Gasteiger partial charge on any atom is -0.394 e. The number of hydrogen-bond acceptors (Lipinski definition) is 9. The topological polar surface area (TPSA) is 142 Å². The van der Waals surface area contributed by atoms with Crippen molar-refractivity contribution in [2.24, 2.45) is 0 Å². The van der Waals surface area contributed by atoms with Crippen molar-refractivity contribution in [2.45, 2.75) is 33.2 Å². The third-order valence-corrected chi connectivity index (χ3v) is 3.28. The molecular weight excluding hydrogens is 312 g/mol. The predicted octanol–water partition coefficient (Wildman–Crippen LogP) is 0.142. The molecule has 0 aromatic carbocycles. The Kier molecular flexibility index (Phi) is 6.36. The molecule has 0 radical (unpaired) electrons. The molecule has 2 aromatic rings. The summed E-state index contributed by atoms with van der Waals surface area (Å²) in [6.07, 6.45) is 2.73. The zero-order valence-electron chi connectivity index (χ0n) is 13.8. The Balaban J connectivity index is 1.81. The van der Waals surface area contributed by atoms with E-state index in [1.807, 2.05) is 0 Å². The van der Waals surface area contributed by atoms with E-state index in [1.165, 1.54) is 0 Å². The van der Waals surface area contributed by atoms with Crippen LogP contribution in [0.1, 0.15) is 22.8 Å². The fourth-order valence-electron chi connectivity index (χ4n) is 1.91. The fraction of sp³-hybridized carbons (Fsp3) is 0.467. The number of aliphatic hydroxyl groups is 1. The molecule has 1 unspecified atom stereocenters. The van der Waals surface area contributed by atoms with Crippen LogP contribution in [-0.4, -0.2) is 44.4 Å². The van der Waals surface area contributed by atoms with E-state index in [0.717, 1.165) is 0 Å². The number of nitrogens with zero attached hydrogens (tertiary/aromatic N) is 4. The number of aromatic nitrogens is 4. The number of ether oxygens (including phenoxy) is 2. The molecule has 0 aliphatic heterocycles. The quantitative estimate of drug-likeness (QED) is 0.614. The van der Waals surface area contributed by atoms with E-state index in [2.05, 4.69) is 19.9 Å². The maximum absolute atomic E-state index is 9.39. The third-order valence-electron chi connectivity index (χ3n) is 3.28. The van der Waals surface area contributed by atoms with Crippen LogP contribution in [0.5, 0.6) is 0 Å². The van der Waals surface area contributed by atoms with Crippen molar-refractivity contribution in [1.29, 1.82) is 0 Å². The van der Waals surface area contributed by atoms with Gasteiger partial charge in [-0.25, -0.2) is 19.9 Å². The van der Waals surface area contributed by atoms with Gasteiger partial charge in [-0.3, -0.25) is 0 Å². The second kappa shape index (κ2) is 8.48. The van der Waals surface area contributed by atoms with E-state index in [9.17, 15) is 5.11 Å². The summed E-state index contributed by atoms with van der Waals surface area (Å²) < 4.78 is 11.1. The first-order valence-corrected chi connectivity index (χ1v) is 7.45. The van der Waals surface area contributed by atoms with Crippen molar-refractivity contribution in [3.63, 3.8) is 0 Å². The molecule has 0 amide bonds. The van der Waals surface area contributed by atoms with E-state index in [-0.39, 0.29) is 26.4 Å². The lowest BCUT2D eigenvalue weighted by Gasteiger charge is -2.16. The van der Waals surface area contributed by atoms with Crippen molar-refractivity contribution in [3.8, 4) is 0 Å². The van der Waals surface area contributed by atoms with Crippen LogP contribution in [0.15, 0.2) is 12.4 Å². The van der Waals surface area contributed by atoms with Crippen molar-refractivity contribution in [1.82, 2.24) is 19.9 Å². The van der Waals surface area contributed by atoms with Gasteiger partial charge in [-0.1, -0.05) is 0 Å². The molecule has 2 heterocycles. The Labute approximate surface area is 140 Å². The lowest BCUT2D eigenvalue weighted by Crippen LogP contribution is -2.24. The van der Waals surface area contributed by atoms with E-state index < -0.39 is 6.10 Å². The van der Waals surface area contributed by atoms with E-state index in [1.54, 1.807) is 26.2 Å². The average Bonchev–Trinajstić information content (AvgIpc) is 2.54. The lowest BCUT2D eigenvalue weighted by molar-refractivity contribution is -0.0536. The van der Waals surface area contributed by atoms with Gasteiger partial charge in [-0.05, 0) is 13.8 Å². The molecule has 130 valence electrons. The van der Waals surface area contributed by atoms with Crippen LogP contribution >= 0.6 is 0 Å². The minimum atomic E-state index is -0.502. The van der Waals surface area contributed by atoms with Gasteiger partial charge in [-0.15, -0.1) is 0 Å². The van der Waals surface area contributed by atoms with Crippen molar-refractivity contribution < 1.29 is 14.6 Å². The molecule has 0 aliphatic carbocycles. The van der Waals surface area contributed by atoms with Crippen LogP contribution in [0.25, 0.3) is 0 Å². The highest BCUT2D eigenvalue weighted by molar-refractivity contribution is 5.37. The van der Waals surface area contributed by atoms with E-state index in [4.69, 9.17) is 20.9 Å². The van der Waals surface area contributed by atoms with Gasteiger partial charge in [0.2, 0.25) is 0 Å². The Morgan fingerprint density at radius 2 is 1.54 bits per heavy atom. The van der Waals surface area contributed by atoms with Gasteiger partial charge < -0.3 is 26.0 Å². The summed E-state index contributed by atoms with van der Waals surface area (Å²) in [5.41, 5.74) is 12.9. The zero-order chi connectivity index (χ0) is 17.5. The molecule has 0 saturated carbocycles. The Morgan fingerprint density at radius 1 is 1.00 bits per heavy atom. The molecule has 0 bridgehead atoms. The summed E-state index contributed by atoms with van der Waals surface area (Å²) in [5, 5.41) is 9.39. The van der Waals surface area contributed by atoms with Crippen molar-refractivity contribution in [3.05, 3.63) is 35.2 Å². The second-order valence-corrected chi connectivity index (χ2v) is 5.29. The van der Waals surface area contributed by atoms with Crippen LogP contribution in [0.3, 0.4) is 0 Å². The van der Waals surface area contributed by atoms with Gasteiger partial charge in [0.1, 0.15) is 29.4 Å². The molecule has 0 saturated heterocycles. The molecule has 5 N–H and O–H groups in total. The molecule has 9 heteroatoms. The lowest BCUT2D eigenvalue weighted by atomic mass is 10.3. The van der Waals surface area contributed by atoms with Gasteiger partial charge in [-0.2, -0.15) is 0 Å². The fourth-order valence-corrected chi connectivity index (χ4v) is 1.91. The number of anilines is 2. The Hall–Kier alpha value is -2.36. The molecule has 0 aliphatic rings. The number of aliphatic hydroxyl groups excluding tert-OH is 1. The SMILES string of the molecule is Cc1ncc(COCC(CO)OCc2cnc(C)nc2N)c(N)n1. The van der Waals surface area contributed by atoms with Gasteiger partial charge in [0.05, 0.1) is 26.4 Å². The van der Waals surface area contributed by atoms with Crippen LogP contribution in [-0.2, 0) is 22.7 Å². The van der Waals surface area contributed by atoms with Crippen molar-refractivity contribution >= 4 is 11.6 Å². The molecule has 2 rings (SSSR count). The van der Waals surface area contributed by atoms with Gasteiger partial charge in [0.15, 0.2) is 0 Å². The molecule has 2 aromatic heterocycles. The maximum atomic E-state index is 9.39. The first kappa shape index (κ1) is 18.0. The van der Waals surface area contributed by atoms with E-state index >= 15 is 0 Å². The van der Waals surface area contributed by atoms with Crippen molar-refractivity contribution in [2.75, 3.05) is 24.7 Å². The average molecular weight is 334 g/mol. The summed E-state index contributed by atoms with van der Waals surface area (Å²) >= 11 is 0. The number of aryl methyl sites for hydroxylation is 2. The summed E-state index contributed by atoms with van der Waals surface area (Å²) in [5.74, 6) is 1.94. The highest BCUT2D eigenvalue weighted by Crippen LogP contribution is 2.12. The van der Waals surface area contributed by atoms with Gasteiger partial charge in [0.25, 0.3) is 0 Å². The number of nitrogens with two attached hydrogens (primary N) is 2. The second-order valence-electron chi connectivity index (χ2n) is 5.29. The predicted molar refractivity (Wildman–Crippen MR) is 87.7 cm³/mol. The molecule has 24 heavy (non-hydrogen) atoms. The third kappa shape index (κ3) is 5.08. The standard InChI is InChI=1S/C15H22N6O3/c1-9-18-3-11(14(16)20-9)6-23-8-13(5-22)24-7-12-4-19-10(2)21-15(12)17/h3-4,13,22H,5-8H2,1-2H3,(H2,16,18,20)(H2,17,19,21). The minimum absolute atomic E-state index is 0.188.